The van der Waals surface area contributed by atoms with E-state index in [1.54, 1.807) is 55.5 Å². The van der Waals surface area contributed by atoms with Crippen LogP contribution in [0.2, 0.25) is 0 Å². The Balaban J connectivity index is 1.72. The van der Waals surface area contributed by atoms with Crippen molar-refractivity contribution in [1.82, 2.24) is 0 Å². The Hall–Kier alpha value is -2.92. The van der Waals surface area contributed by atoms with Crippen LogP contribution in [0.3, 0.4) is 0 Å². The standard InChI is InChI=1S/C22H20O4S/c1-17(23)7-8-18-9-13-21(14-10-18)26-27(24,25)22-15-11-20(12-16-22)19-5-3-2-4-6-19/h2-6,9-16H,7-8H2,1H3. The maximum absolute atomic E-state index is 12.5. The Labute approximate surface area is 159 Å². The Bertz CT molecular complexity index is 1010. The second-order valence-electron chi connectivity index (χ2n) is 6.27. The fourth-order valence-electron chi connectivity index (χ4n) is 2.65. The van der Waals surface area contributed by atoms with Crippen molar-refractivity contribution in [2.45, 2.75) is 24.7 Å². The van der Waals surface area contributed by atoms with E-state index in [1.165, 1.54) is 0 Å². The lowest BCUT2D eigenvalue weighted by Crippen LogP contribution is -2.09. The maximum Gasteiger partial charge on any atom is 0.339 e. The van der Waals surface area contributed by atoms with Crippen molar-refractivity contribution in [2.75, 3.05) is 0 Å². The molecule has 0 unspecified atom stereocenters. The highest BCUT2D eigenvalue weighted by molar-refractivity contribution is 7.87. The van der Waals surface area contributed by atoms with Crippen LogP contribution < -0.4 is 4.18 Å². The second kappa shape index (κ2) is 8.18. The first kappa shape index (κ1) is 18.9. The van der Waals surface area contributed by atoms with E-state index in [-0.39, 0.29) is 16.4 Å². The quantitative estimate of drug-likeness (QED) is 0.560. The van der Waals surface area contributed by atoms with E-state index in [1.807, 2.05) is 30.3 Å². The lowest BCUT2D eigenvalue weighted by atomic mass is 10.1. The van der Waals surface area contributed by atoms with Crippen LogP contribution in [0.5, 0.6) is 5.75 Å². The molecule has 0 spiro atoms. The van der Waals surface area contributed by atoms with Gasteiger partial charge in [0, 0.05) is 6.42 Å². The van der Waals surface area contributed by atoms with Crippen molar-refractivity contribution in [3.63, 3.8) is 0 Å². The van der Waals surface area contributed by atoms with E-state index in [0.717, 1.165) is 16.7 Å². The van der Waals surface area contributed by atoms with Gasteiger partial charge in [0.2, 0.25) is 0 Å². The summed E-state index contributed by atoms with van der Waals surface area (Å²) in [5, 5.41) is 0. The molecule has 5 heteroatoms. The molecule has 0 aliphatic carbocycles. The van der Waals surface area contributed by atoms with Crippen molar-refractivity contribution in [1.29, 1.82) is 0 Å². The smallest absolute Gasteiger partial charge is 0.339 e. The van der Waals surface area contributed by atoms with Gasteiger partial charge in [-0.2, -0.15) is 8.42 Å². The van der Waals surface area contributed by atoms with Crippen molar-refractivity contribution < 1.29 is 17.4 Å². The highest BCUT2D eigenvalue weighted by atomic mass is 32.2. The van der Waals surface area contributed by atoms with Crippen LogP contribution in [0, 0.1) is 0 Å². The summed E-state index contributed by atoms with van der Waals surface area (Å²) in [5.74, 6) is 0.366. The minimum Gasteiger partial charge on any atom is -0.379 e. The van der Waals surface area contributed by atoms with Gasteiger partial charge in [0.25, 0.3) is 0 Å². The van der Waals surface area contributed by atoms with Crippen molar-refractivity contribution in [3.05, 3.63) is 84.4 Å². The van der Waals surface area contributed by atoms with Crippen molar-refractivity contribution in [2.24, 2.45) is 0 Å². The number of hydrogen-bond donors (Lipinski definition) is 0. The van der Waals surface area contributed by atoms with Crippen LogP contribution in [-0.4, -0.2) is 14.2 Å². The molecular weight excluding hydrogens is 360 g/mol. The predicted molar refractivity (Wildman–Crippen MR) is 105 cm³/mol. The van der Waals surface area contributed by atoms with Crippen molar-refractivity contribution in [3.8, 4) is 16.9 Å². The molecule has 0 bridgehead atoms. The van der Waals surface area contributed by atoms with Gasteiger partial charge in [0.1, 0.15) is 16.4 Å². The number of carbonyl (C=O) groups excluding carboxylic acids is 1. The summed E-state index contributed by atoms with van der Waals surface area (Å²) in [7, 11) is -3.90. The largest absolute Gasteiger partial charge is 0.379 e. The fraction of sp³-hybridized carbons (Fsp3) is 0.136. The van der Waals surface area contributed by atoms with E-state index < -0.39 is 10.1 Å². The topological polar surface area (TPSA) is 60.4 Å². The van der Waals surface area contributed by atoms with Gasteiger partial charge in [-0.05, 0) is 54.3 Å². The summed E-state index contributed by atoms with van der Waals surface area (Å²) in [4.78, 5) is 11.1. The lowest BCUT2D eigenvalue weighted by Gasteiger charge is -2.09. The molecule has 0 radical (unpaired) electrons. The average Bonchev–Trinajstić information content (AvgIpc) is 2.68. The van der Waals surface area contributed by atoms with Gasteiger partial charge in [0.05, 0.1) is 0 Å². The molecule has 0 aromatic heterocycles. The van der Waals surface area contributed by atoms with Crippen LogP contribution >= 0.6 is 0 Å². The molecule has 3 aromatic carbocycles. The SMILES string of the molecule is CC(=O)CCc1ccc(OS(=O)(=O)c2ccc(-c3ccccc3)cc2)cc1. The molecule has 0 aliphatic rings. The van der Waals surface area contributed by atoms with Gasteiger partial charge < -0.3 is 8.98 Å². The van der Waals surface area contributed by atoms with E-state index in [9.17, 15) is 13.2 Å². The maximum atomic E-state index is 12.5. The normalized spacial score (nSPS) is 11.1. The molecule has 0 heterocycles. The summed E-state index contributed by atoms with van der Waals surface area (Å²) in [6, 6.07) is 23.1. The molecule has 138 valence electrons. The molecule has 0 fully saturated rings. The van der Waals surface area contributed by atoms with Gasteiger partial charge >= 0.3 is 10.1 Å². The fourth-order valence-corrected chi connectivity index (χ4v) is 3.58. The lowest BCUT2D eigenvalue weighted by molar-refractivity contribution is -0.116. The predicted octanol–water partition coefficient (Wildman–Crippen LogP) is 4.64. The van der Waals surface area contributed by atoms with Gasteiger partial charge in [-0.25, -0.2) is 0 Å². The minimum absolute atomic E-state index is 0.0998. The van der Waals surface area contributed by atoms with E-state index >= 15 is 0 Å². The molecule has 0 saturated carbocycles. The molecular formula is C22H20O4S. The molecule has 27 heavy (non-hydrogen) atoms. The Morgan fingerprint density at radius 2 is 1.41 bits per heavy atom. The number of aryl methyl sites for hydroxylation is 1. The number of carbonyl (C=O) groups is 1. The summed E-state index contributed by atoms with van der Waals surface area (Å²) in [6.07, 6.45) is 1.09. The minimum atomic E-state index is -3.90. The number of benzene rings is 3. The first-order valence-electron chi connectivity index (χ1n) is 8.62. The van der Waals surface area contributed by atoms with Crippen LogP contribution in [-0.2, 0) is 21.3 Å². The zero-order valence-corrected chi connectivity index (χ0v) is 15.8. The summed E-state index contributed by atoms with van der Waals surface area (Å²) in [5.41, 5.74) is 2.91. The molecule has 0 aliphatic heterocycles. The zero-order valence-electron chi connectivity index (χ0n) is 15.0. The monoisotopic (exact) mass is 380 g/mol. The summed E-state index contributed by atoms with van der Waals surface area (Å²) >= 11 is 0. The molecule has 0 amide bonds. The zero-order chi connectivity index (χ0) is 19.3. The van der Waals surface area contributed by atoms with Gasteiger partial charge in [-0.1, -0.05) is 54.6 Å². The highest BCUT2D eigenvalue weighted by Gasteiger charge is 2.16. The Kier molecular flexibility index (Phi) is 5.72. The molecule has 0 atom stereocenters. The molecule has 0 N–H and O–H groups in total. The average molecular weight is 380 g/mol. The molecule has 3 aromatic rings. The molecule has 4 nitrogen and oxygen atoms in total. The molecule has 3 rings (SSSR count). The van der Waals surface area contributed by atoms with Crippen LogP contribution in [0.4, 0.5) is 0 Å². The summed E-state index contributed by atoms with van der Waals surface area (Å²) in [6.45, 7) is 1.55. The Morgan fingerprint density at radius 3 is 2.00 bits per heavy atom. The van der Waals surface area contributed by atoms with Gasteiger partial charge in [0.15, 0.2) is 0 Å². The summed E-state index contributed by atoms with van der Waals surface area (Å²) < 4.78 is 30.2. The third kappa shape index (κ3) is 5.05. The van der Waals surface area contributed by atoms with Crippen LogP contribution in [0.15, 0.2) is 83.8 Å². The molecule has 0 saturated heterocycles. The number of ketones is 1. The van der Waals surface area contributed by atoms with E-state index in [2.05, 4.69) is 0 Å². The first-order valence-corrected chi connectivity index (χ1v) is 10.0. The second-order valence-corrected chi connectivity index (χ2v) is 7.82. The first-order chi connectivity index (χ1) is 12.9. The van der Waals surface area contributed by atoms with E-state index in [0.29, 0.717) is 12.8 Å². The number of hydrogen-bond acceptors (Lipinski definition) is 4. The third-order valence-corrected chi connectivity index (χ3v) is 5.41. The third-order valence-electron chi connectivity index (χ3n) is 4.15. The van der Waals surface area contributed by atoms with E-state index in [4.69, 9.17) is 4.18 Å². The van der Waals surface area contributed by atoms with Crippen LogP contribution in [0.25, 0.3) is 11.1 Å². The van der Waals surface area contributed by atoms with Gasteiger partial charge in [-0.3, -0.25) is 0 Å². The Morgan fingerprint density at radius 1 is 0.815 bits per heavy atom. The number of rotatable bonds is 7. The van der Waals surface area contributed by atoms with Crippen molar-refractivity contribution >= 4 is 15.9 Å². The van der Waals surface area contributed by atoms with Gasteiger partial charge in [-0.15, -0.1) is 0 Å². The number of Topliss-reactive ketones (excluding diaryl/α,β-unsaturated/α-hetero) is 1. The van der Waals surface area contributed by atoms with Crippen LogP contribution in [0.1, 0.15) is 18.9 Å². The highest BCUT2D eigenvalue weighted by Crippen LogP contribution is 2.23.